The van der Waals surface area contributed by atoms with Crippen molar-refractivity contribution < 1.29 is 28.7 Å². The van der Waals surface area contributed by atoms with E-state index in [2.05, 4.69) is 10.6 Å². The maximum atomic E-state index is 12.3. The van der Waals surface area contributed by atoms with Gasteiger partial charge in [-0.1, -0.05) is 18.2 Å². The van der Waals surface area contributed by atoms with Crippen LogP contribution in [0.1, 0.15) is 32.6 Å². The average molecular weight is 419 g/mol. The predicted octanol–water partition coefficient (Wildman–Crippen LogP) is 1.93. The Morgan fingerprint density at radius 3 is 2.43 bits per heavy atom. The lowest BCUT2D eigenvalue weighted by Crippen LogP contribution is -2.43. The minimum atomic E-state index is -0.431. The van der Waals surface area contributed by atoms with Crippen molar-refractivity contribution in [3.05, 3.63) is 30.3 Å². The number of hydrogen-bond acceptors (Lipinski definition) is 6. The Balaban J connectivity index is 1.60. The Morgan fingerprint density at radius 2 is 1.77 bits per heavy atom. The summed E-state index contributed by atoms with van der Waals surface area (Å²) in [4.78, 5) is 49.1. The first kappa shape index (κ1) is 23.2. The molecule has 1 aromatic carbocycles. The van der Waals surface area contributed by atoms with E-state index in [-0.39, 0.29) is 30.9 Å². The number of amides is 3. The summed E-state index contributed by atoms with van der Waals surface area (Å²) in [5.41, 5.74) is 0.720. The number of esters is 2. The fourth-order valence-corrected chi connectivity index (χ4v) is 3.04. The molecule has 0 aliphatic carbocycles. The Morgan fingerprint density at radius 1 is 1.07 bits per heavy atom. The van der Waals surface area contributed by atoms with Crippen molar-refractivity contribution in [2.45, 2.75) is 32.6 Å². The number of carbonyl (C=O) groups is 4. The summed E-state index contributed by atoms with van der Waals surface area (Å²) < 4.78 is 9.89. The summed E-state index contributed by atoms with van der Waals surface area (Å²) in [6.45, 7) is 2.91. The third-order valence-corrected chi connectivity index (χ3v) is 4.67. The lowest BCUT2D eigenvalue weighted by Gasteiger charge is -2.30. The van der Waals surface area contributed by atoms with Crippen molar-refractivity contribution in [2.24, 2.45) is 5.92 Å². The number of hydrogen-bond donors (Lipinski definition) is 2. The number of benzene rings is 1. The van der Waals surface area contributed by atoms with E-state index in [0.717, 1.165) is 5.69 Å². The summed E-state index contributed by atoms with van der Waals surface area (Å²) in [7, 11) is 0. The van der Waals surface area contributed by atoms with Crippen LogP contribution in [0.15, 0.2) is 30.3 Å². The monoisotopic (exact) mass is 419 g/mol. The summed E-state index contributed by atoms with van der Waals surface area (Å²) in [6.07, 6.45) is 1.66. The smallest absolute Gasteiger partial charge is 0.321 e. The zero-order chi connectivity index (χ0) is 21.8. The number of likely N-dealkylation sites (tertiary alicyclic amines) is 1. The van der Waals surface area contributed by atoms with Crippen LogP contribution in [0.2, 0.25) is 0 Å². The standard InChI is InChI=1S/C21H29N3O6/c1-2-29-19(26)9-6-12-22-18(25)15-30-20(27)16-10-13-24(14-11-16)21(28)23-17-7-4-3-5-8-17/h3-5,7-8,16H,2,6,9-15H2,1H3,(H,22,25)(H,23,28). The van der Waals surface area contributed by atoms with Gasteiger partial charge in [0.25, 0.3) is 5.91 Å². The quantitative estimate of drug-likeness (QED) is 0.467. The highest BCUT2D eigenvalue weighted by molar-refractivity contribution is 5.89. The molecule has 1 aromatic rings. The molecule has 1 aliphatic rings. The van der Waals surface area contributed by atoms with Crippen LogP contribution < -0.4 is 10.6 Å². The largest absolute Gasteiger partial charge is 0.466 e. The van der Waals surface area contributed by atoms with Crippen LogP contribution in [0.3, 0.4) is 0 Å². The van der Waals surface area contributed by atoms with Gasteiger partial charge in [-0.05, 0) is 38.3 Å². The average Bonchev–Trinajstić information content (AvgIpc) is 2.76. The SMILES string of the molecule is CCOC(=O)CCCNC(=O)COC(=O)C1CCN(C(=O)Nc2ccccc2)CC1. The fourth-order valence-electron chi connectivity index (χ4n) is 3.04. The lowest BCUT2D eigenvalue weighted by atomic mass is 9.97. The molecule has 1 heterocycles. The van der Waals surface area contributed by atoms with Crippen LogP contribution in [0.5, 0.6) is 0 Å². The van der Waals surface area contributed by atoms with Gasteiger partial charge in [0.15, 0.2) is 6.61 Å². The molecule has 1 saturated heterocycles. The third kappa shape index (κ3) is 8.10. The van der Waals surface area contributed by atoms with E-state index in [1.54, 1.807) is 11.8 Å². The van der Waals surface area contributed by atoms with Gasteiger partial charge in [0.2, 0.25) is 0 Å². The summed E-state index contributed by atoms with van der Waals surface area (Å²) >= 11 is 0. The molecule has 1 aliphatic heterocycles. The van der Waals surface area contributed by atoms with Gasteiger partial charge in [-0.15, -0.1) is 0 Å². The summed E-state index contributed by atoms with van der Waals surface area (Å²) in [5.74, 6) is -1.48. The van der Waals surface area contributed by atoms with Crippen molar-refractivity contribution in [3.63, 3.8) is 0 Å². The minimum absolute atomic E-state index is 0.199. The molecule has 9 heteroatoms. The lowest BCUT2D eigenvalue weighted by molar-refractivity contribution is -0.153. The molecular formula is C21H29N3O6. The zero-order valence-corrected chi connectivity index (χ0v) is 17.2. The molecule has 0 atom stereocenters. The second-order valence-corrected chi connectivity index (χ2v) is 6.92. The van der Waals surface area contributed by atoms with E-state index in [4.69, 9.17) is 9.47 Å². The first-order valence-electron chi connectivity index (χ1n) is 10.2. The van der Waals surface area contributed by atoms with Crippen LogP contribution in [0.25, 0.3) is 0 Å². The van der Waals surface area contributed by atoms with Gasteiger partial charge >= 0.3 is 18.0 Å². The first-order chi connectivity index (χ1) is 14.5. The molecular weight excluding hydrogens is 390 g/mol. The van der Waals surface area contributed by atoms with E-state index < -0.39 is 11.9 Å². The topological polar surface area (TPSA) is 114 Å². The highest BCUT2D eigenvalue weighted by atomic mass is 16.5. The Bertz CT molecular complexity index is 717. The van der Waals surface area contributed by atoms with E-state index in [1.165, 1.54) is 0 Å². The van der Waals surface area contributed by atoms with Gasteiger partial charge in [0.05, 0.1) is 12.5 Å². The Hall–Kier alpha value is -3.10. The van der Waals surface area contributed by atoms with Crippen molar-refractivity contribution in [1.82, 2.24) is 10.2 Å². The number of carbonyl (C=O) groups excluding carboxylic acids is 4. The third-order valence-electron chi connectivity index (χ3n) is 4.67. The Kier molecular flexibility index (Phi) is 9.63. The number of nitrogens with zero attached hydrogens (tertiary/aromatic N) is 1. The van der Waals surface area contributed by atoms with Crippen molar-refractivity contribution in [1.29, 1.82) is 0 Å². The van der Waals surface area contributed by atoms with Gasteiger partial charge < -0.3 is 25.0 Å². The molecule has 2 N–H and O–H groups in total. The fraction of sp³-hybridized carbons (Fsp3) is 0.524. The number of ether oxygens (including phenoxy) is 2. The molecule has 30 heavy (non-hydrogen) atoms. The molecule has 164 valence electrons. The number of para-hydroxylation sites is 1. The molecule has 9 nitrogen and oxygen atoms in total. The van der Waals surface area contributed by atoms with Crippen LogP contribution in [-0.2, 0) is 23.9 Å². The van der Waals surface area contributed by atoms with Crippen LogP contribution in [0, 0.1) is 5.92 Å². The van der Waals surface area contributed by atoms with Crippen LogP contribution in [-0.4, -0.2) is 61.6 Å². The number of rotatable bonds is 9. The predicted molar refractivity (Wildman–Crippen MR) is 110 cm³/mol. The molecule has 3 amide bonds. The first-order valence-corrected chi connectivity index (χ1v) is 10.2. The van der Waals surface area contributed by atoms with Gasteiger partial charge in [-0.3, -0.25) is 14.4 Å². The molecule has 0 unspecified atom stereocenters. The Labute approximate surface area is 176 Å². The normalized spacial score (nSPS) is 14.0. The van der Waals surface area contributed by atoms with Gasteiger partial charge in [0, 0.05) is 31.7 Å². The molecule has 0 saturated carbocycles. The van der Waals surface area contributed by atoms with Crippen molar-refractivity contribution in [3.8, 4) is 0 Å². The number of anilines is 1. The summed E-state index contributed by atoms with van der Waals surface area (Å²) in [5, 5.41) is 5.42. The van der Waals surface area contributed by atoms with E-state index in [0.29, 0.717) is 45.5 Å². The maximum Gasteiger partial charge on any atom is 0.321 e. The molecule has 0 aromatic heterocycles. The van der Waals surface area contributed by atoms with E-state index >= 15 is 0 Å². The molecule has 0 spiro atoms. The second-order valence-electron chi connectivity index (χ2n) is 6.92. The molecule has 1 fully saturated rings. The van der Waals surface area contributed by atoms with Crippen LogP contribution in [0.4, 0.5) is 10.5 Å². The van der Waals surface area contributed by atoms with Crippen LogP contribution >= 0.6 is 0 Å². The van der Waals surface area contributed by atoms with E-state index in [9.17, 15) is 19.2 Å². The number of piperidine rings is 1. The molecule has 0 bridgehead atoms. The minimum Gasteiger partial charge on any atom is -0.466 e. The second kappa shape index (κ2) is 12.5. The van der Waals surface area contributed by atoms with Gasteiger partial charge in [0.1, 0.15) is 0 Å². The highest BCUT2D eigenvalue weighted by Gasteiger charge is 2.28. The number of urea groups is 1. The van der Waals surface area contributed by atoms with Crippen molar-refractivity contribution in [2.75, 3.05) is 38.2 Å². The highest BCUT2D eigenvalue weighted by Crippen LogP contribution is 2.19. The van der Waals surface area contributed by atoms with E-state index in [1.807, 2.05) is 30.3 Å². The van der Waals surface area contributed by atoms with Crippen molar-refractivity contribution >= 4 is 29.6 Å². The maximum absolute atomic E-state index is 12.3. The molecule has 2 rings (SSSR count). The van der Waals surface area contributed by atoms with Gasteiger partial charge in [-0.2, -0.15) is 0 Å². The molecule has 0 radical (unpaired) electrons. The van der Waals surface area contributed by atoms with Gasteiger partial charge in [-0.25, -0.2) is 4.79 Å². The zero-order valence-electron chi connectivity index (χ0n) is 17.2. The number of nitrogens with one attached hydrogen (secondary N) is 2. The summed E-state index contributed by atoms with van der Waals surface area (Å²) in [6, 6.07) is 8.97.